The first-order valence-electron chi connectivity index (χ1n) is 7.26. The van der Waals surface area contributed by atoms with E-state index in [0.29, 0.717) is 30.2 Å². The molecule has 0 aliphatic heterocycles. The Hall–Kier alpha value is -2.05. The third-order valence-corrected chi connectivity index (χ3v) is 4.00. The van der Waals surface area contributed by atoms with E-state index in [1.165, 1.54) is 6.07 Å². The minimum absolute atomic E-state index is 0.194. The van der Waals surface area contributed by atoms with Crippen LogP contribution in [0, 0.1) is 5.82 Å². The lowest BCUT2D eigenvalue weighted by Gasteiger charge is -2.08. The van der Waals surface area contributed by atoms with Crippen molar-refractivity contribution in [3.8, 4) is 0 Å². The number of urea groups is 1. The molecule has 0 atom stereocenters. The number of halogens is 1. The zero-order valence-electron chi connectivity index (χ0n) is 12.6. The number of hydroxylamine groups is 1. The van der Waals surface area contributed by atoms with Gasteiger partial charge in [-0.15, -0.1) is 0 Å². The minimum Gasteiger partial charge on any atom is -0.336 e. The summed E-state index contributed by atoms with van der Waals surface area (Å²) in [5.41, 5.74) is 3.98. The van der Waals surface area contributed by atoms with Gasteiger partial charge in [0.05, 0.1) is 6.61 Å². The minimum atomic E-state index is -0.382. The highest BCUT2D eigenvalue weighted by molar-refractivity contribution is 7.98. The molecule has 2 N–H and O–H groups in total. The number of carbonyl (C=O) groups excluding carboxylic acids is 1. The standard InChI is InChI=1S/C17H19FN2O2S/c18-16-9-5-4-8-15(16)13-23-11-10-19-17(21)20-22-12-14-6-2-1-3-7-14/h1-9H,10-13H2,(H2,19,20,21). The van der Waals surface area contributed by atoms with E-state index in [0.717, 1.165) is 5.56 Å². The van der Waals surface area contributed by atoms with E-state index in [2.05, 4.69) is 10.8 Å². The van der Waals surface area contributed by atoms with Gasteiger partial charge in [-0.1, -0.05) is 48.5 Å². The maximum atomic E-state index is 13.4. The van der Waals surface area contributed by atoms with Gasteiger partial charge in [-0.2, -0.15) is 11.8 Å². The molecule has 6 heteroatoms. The normalized spacial score (nSPS) is 10.3. The summed E-state index contributed by atoms with van der Waals surface area (Å²) in [7, 11) is 0. The molecule has 0 unspecified atom stereocenters. The Morgan fingerprint density at radius 1 is 1.09 bits per heavy atom. The van der Waals surface area contributed by atoms with Crippen LogP contribution in [0.3, 0.4) is 0 Å². The highest BCUT2D eigenvalue weighted by Gasteiger charge is 2.02. The lowest BCUT2D eigenvalue weighted by molar-refractivity contribution is 0.0493. The second-order valence-corrected chi connectivity index (χ2v) is 5.88. The molecular weight excluding hydrogens is 315 g/mol. The summed E-state index contributed by atoms with van der Waals surface area (Å²) in [6.07, 6.45) is 0. The molecule has 4 nitrogen and oxygen atoms in total. The Labute approximate surface area is 139 Å². The summed E-state index contributed by atoms with van der Waals surface area (Å²) in [6, 6.07) is 15.9. The van der Waals surface area contributed by atoms with Crippen LogP contribution < -0.4 is 10.8 Å². The average molecular weight is 334 g/mol. The van der Waals surface area contributed by atoms with E-state index in [1.54, 1.807) is 23.9 Å². The van der Waals surface area contributed by atoms with Crippen molar-refractivity contribution >= 4 is 17.8 Å². The third kappa shape index (κ3) is 6.71. The Morgan fingerprint density at radius 3 is 2.61 bits per heavy atom. The second kappa shape index (κ2) is 9.86. The fraction of sp³-hybridized carbons (Fsp3) is 0.235. The lowest BCUT2D eigenvalue weighted by atomic mass is 10.2. The van der Waals surface area contributed by atoms with E-state index >= 15 is 0 Å². The van der Waals surface area contributed by atoms with E-state index in [1.807, 2.05) is 36.4 Å². The maximum absolute atomic E-state index is 13.4. The second-order valence-electron chi connectivity index (χ2n) is 4.78. The Kier molecular flexibility index (Phi) is 7.42. The van der Waals surface area contributed by atoms with Crippen LogP contribution in [-0.2, 0) is 17.2 Å². The van der Waals surface area contributed by atoms with Gasteiger partial charge >= 0.3 is 6.03 Å². The topological polar surface area (TPSA) is 50.4 Å². The zero-order chi connectivity index (χ0) is 16.3. The Bertz CT molecular complexity index is 611. The first-order valence-corrected chi connectivity index (χ1v) is 8.42. The molecule has 0 spiro atoms. The Morgan fingerprint density at radius 2 is 1.83 bits per heavy atom. The Balaban J connectivity index is 1.52. The van der Waals surface area contributed by atoms with Crippen LogP contribution in [0.5, 0.6) is 0 Å². The molecule has 0 aliphatic carbocycles. The predicted octanol–water partition coefficient (Wildman–Crippen LogP) is 3.49. The molecule has 122 valence electrons. The van der Waals surface area contributed by atoms with Crippen molar-refractivity contribution in [3.63, 3.8) is 0 Å². The molecule has 23 heavy (non-hydrogen) atoms. The van der Waals surface area contributed by atoms with Crippen molar-refractivity contribution in [2.45, 2.75) is 12.4 Å². The summed E-state index contributed by atoms with van der Waals surface area (Å²) >= 11 is 1.56. The van der Waals surface area contributed by atoms with E-state index in [-0.39, 0.29) is 11.8 Å². The zero-order valence-corrected chi connectivity index (χ0v) is 13.4. The molecule has 0 radical (unpaired) electrons. The highest BCUT2D eigenvalue weighted by Crippen LogP contribution is 2.14. The number of benzene rings is 2. The molecule has 0 bridgehead atoms. The average Bonchev–Trinajstić information content (AvgIpc) is 2.57. The molecule has 0 saturated carbocycles. The van der Waals surface area contributed by atoms with Gasteiger partial charge in [0.25, 0.3) is 0 Å². The van der Waals surface area contributed by atoms with E-state index in [9.17, 15) is 9.18 Å². The quantitative estimate of drug-likeness (QED) is 0.574. The van der Waals surface area contributed by atoms with Gasteiger partial charge in [-0.05, 0) is 17.2 Å². The predicted molar refractivity (Wildman–Crippen MR) is 90.3 cm³/mol. The number of hydrogen-bond acceptors (Lipinski definition) is 3. The van der Waals surface area contributed by atoms with Crippen LogP contribution in [0.1, 0.15) is 11.1 Å². The van der Waals surface area contributed by atoms with E-state index in [4.69, 9.17) is 4.84 Å². The summed E-state index contributed by atoms with van der Waals surface area (Å²) in [6.45, 7) is 0.802. The van der Waals surface area contributed by atoms with Gasteiger partial charge in [-0.25, -0.2) is 14.7 Å². The number of carbonyl (C=O) groups is 1. The smallest absolute Gasteiger partial charge is 0.336 e. The first kappa shape index (κ1) is 17.3. The van der Waals surface area contributed by atoms with Gasteiger partial charge in [0.1, 0.15) is 5.82 Å². The molecule has 2 amide bonds. The molecule has 2 rings (SSSR count). The molecule has 2 aromatic carbocycles. The summed E-state index contributed by atoms with van der Waals surface area (Å²) in [5.74, 6) is 1.08. The number of rotatable bonds is 8. The summed E-state index contributed by atoms with van der Waals surface area (Å²) < 4.78 is 13.4. The summed E-state index contributed by atoms with van der Waals surface area (Å²) in [5, 5.41) is 2.68. The summed E-state index contributed by atoms with van der Waals surface area (Å²) in [4.78, 5) is 16.6. The molecular formula is C17H19FN2O2S. The molecule has 2 aromatic rings. The van der Waals surface area contributed by atoms with Gasteiger partial charge in [-0.3, -0.25) is 4.84 Å². The highest BCUT2D eigenvalue weighted by atomic mass is 32.2. The van der Waals surface area contributed by atoms with Crippen molar-refractivity contribution < 1.29 is 14.0 Å². The van der Waals surface area contributed by atoms with Crippen LogP contribution in [0.4, 0.5) is 9.18 Å². The molecule has 0 saturated heterocycles. The van der Waals surface area contributed by atoms with E-state index < -0.39 is 0 Å². The number of amides is 2. The van der Waals surface area contributed by atoms with Crippen molar-refractivity contribution in [2.75, 3.05) is 12.3 Å². The van der Waals surface area contributed by atoms with Gasteiger partial charge in [0.2, 0.25) is 0 Å². The van der Waals surface area contributed by atoms with Crippen molar-refractivity contribution in [1.29, 1.82) is 0 Å². The van der Waals surface area contributed by atoms with Gasteiger partial charge in [0.15, 0.2) is 0 Å². The largest absolute Gasteiger partial charge is 0.338 e. The van der Waals surface area contributed by atoms with Crippen molar-refractivity contribution in [1.82, 2.24) is 10.8 Å². The van der Waals surface area contributed by atoms with Crippen LogP contribution in [0.15, 0.2) is 54.6 Å². The van der Waals surface area contributed by atoms with Crippen LogP contribution in [0.25, 0.3) is 0 Å². The van der Waals surface area contributed by atoms with Crippen molar-refractivity contribution in [2.24, 2.45) is 0 Å². The van der Waals surface area contributed by atoms with Crippen LogP contribution in [-0.4, -0.2) is 18.3 Å². The fourth-order valence-electron chi connectivity index (χ4n) is 1.83. The van der Waals surface area contributed by atoms with Gasteiger partial charge in [0, 0.05) is 18.1 Å². The van der Waals surface area contributed by atoms with Gasteiger partial charge < -0.3 is 5.32 Å². The number of hydrogen-bond donors (Lipinski definition) is 2. The number of thioether (sulfide) groups is 1. The SMILES string of the molecule is O=C(NCCSCc1ccccc1F)NOCc1ccccc1. The lowest BCUT2D eigenvalue weighted by Crippen LogP contribution is -2.36. The maximum Gasteiger partial charge on any atom is 0.338 e. The third-order valence-electron chi connectivity index (χ3n) is 2.99. The number of nitrogens with one attached hydrogen (secondary N) is 2. The molecule has 0 fully saturated rings. The van der Waals surface area contributed by atoms with Crippen LogP contribution in [0.2, 0.25) is 0 Å². The van der Waals surface area contributed by atoms with Crippen LogP contribution >= 0.6 is 11.8 Å². The van der Waals surface area contributed by atoms with Crippen molar-refractivity contribution in [3.05, 3.63) is 71.5 Å². The fourth-order valence-corrected chi connectivity index (χ4v) is 2.67. The molecule has 0 heterocycles. The monoisotopic (exact) mass is 334 g/mol. The molecule has 0 aliphatic rings. The molecule has 0 aromatic heterocycles. The first-order chi connectivity index (χ1) is 11.3.